The molecule has 0 amide bonds. The van der Waals surface area contributed by atoms with Gasteiger partial charge in [0.15, 0.2) is 0 Å². The first-order valence-electron chi connectivity index (χ1n) is 11.7. The van der Waals surface area contributed by atoms with Gasteiger partial charge in [-0.1, -0.05) is 12.1 Å². The summed E-state index contributed by atoms with van der Waals surface area (Å²) < 4.78 is 46.7. The highest BCUT2D eigenvalue weighted by atomic mass is 19.4. The van der Waals surface area contributed by atoms with Crippen molar-refractivity contribution in [1.82, 2.24) is 19.5 Å². The summed E-state index contributed by atoms with van der Waals surface area (Å²) in [5.41, 5.74) is 3.11. The van der Waals surface area contributed by atoms with Gasteiger partial charge < -0.3 is 14.6 Å². The van der Waals surface area contributed by atoms with Gasteiger partial charge in [-0.25, -0.2) is 15.0 Å². The van der Waals surface area contributed by atoms with Gasteiger partial charge in [-0.05, 0) is 49.9 Å². The van der Waals surface area contributed by atoms with E-state index in [-0.39, 0.29) is 11.9 Å². The highest BCUT2D eigenvalue weighted by molar-refractivity contribution is 5.68. The van der Waals surface area contributed by atoms with Crippen molar-refractivity contribution in [1.29, 1.82) is 5.26 Å². The fraction of sp³-hybridized carbons (Fsp3) is 0.259. The van der Waals surface area contributed by atoms with Crippen LogP contribution in [0.2, 0.25) is 0 Å². The second kappa shape index (κ2) is 9.58. The lowest BCUT2D eigenvalue weighted by molar-refractivity contribution is -0.137. The number of halogens is 3. The molecule has 1 saturated carbocycles. The summed E-state index contributed by atoms with van der Waals surface area (Å²) in [6.45, 7) is 1.90. The van der Waals surface area contributed by atoms with Crippen LogP contribution in [0.5, 0.6) is 5.75 Å². The van der Waals surface area contributed by atoms with Crippen LogP contribution in [0.3, 0.4) is 0 Å². The highest BCUT2D eigenvalue weighted by Crippen LogP contribution is 2.44. The number of rotatable bonds is 7. The molecule has 2 aromatic heterocycles. The van der Waals surface area contributed by atoms with Crippen LogP contribution in [0, 0.1) is 24.2 Å². The molecule has 0 radical (unpaired) electrons. The van der Waals surface area contributed by atoms with E-state index in [4.69, 9.17) is 4.74 Å². The number of anilines is 2. The summed E-state index contributed by atoms with van der Waals surface area (Å²) in [6.07, 6.45) is 2.58. The predicted octanol–water partition coefficient (Wildman–Crippen LogP) is 6.43. The average molecular weight is 505 g/mol. The van der Waals surface area contributed by atoms with Gasteiger partial charge in [0.05, 0.1) is 48.1 Å². The number of hydrogen-bond acceptors (Lipinski definition) is 6. The third-order valence-corrected chi connectivity index (χ3v) is 6.30. The molecule has 0 bridgehead atoms. The molecule has 0 spiro atoms. The standard InChI is InChI=1S/C27H23F3N6O/c1-16-14-36(15-33-16)23-10-9-20(11-24(23)37-2)34-26-32-13-22(21(12-31)17-3-4-17)25(35-26)18-5-7-19(8-6-18)27(28,29)30/h5-11,13-15,17,21H,3-4H2,1-2H3,(H,32,34,35). The van der Waals surface area contributed by atoms with Gasteiger partial charge in [0, 0.05) is 35.3 Å². The van der Waals surface area contributed by atoms with Crippen LogP contribution in [0.15, 0.2) is 61.2 Å². The maximum Gasteiger partial charge on any atom is 0.416 e. The minimum Gasteiger partial charge on any atom is -0.494 e. The molecular weight excluding hydrogens is 481 g/mol. The fourth-order valence-corrected chi connectivity index (χ4v) is 4.24. The Morgan fingerprint density at radius 2 is 1.89 bits per heavy atom. The number of methoxy groups -OCH3 is 1. The number of benzene rings is 2. The summed E-state index contributed by atoms with van der Waals surface area (Å²) in [4.78, 5) is 13.3. The van der Waals surface area contributed by atoms with E-state index in [0.717, 1.165) is 36.4 Å². The van der Waals surface area contributed by atoms with E-state index in [1.807, 2.05) is 29.8 Å². The Hall–Kier alpha value is -4.39. The van der Waals surface area contributed by atoms with Gasteiger partial charge in [-0.3, -0.25) is 0 Å². The highest BCUT2D eigenvalue weighted by Gasteiger charge is 2.35. The Morgan fingerprint density at radius 1 is 1.14 bits per heavy atom. The molecule has 1 aliphatic carbocycles. The molecule has 10 heteroatoms. The largest absolute Gasteiger partial charge is 0.494 e. The SMILES string of the molecule is COc1cc(Nc2ncc(C(C#N)C3CC3)c(-c3ccc(C(F)(F)F)cc3)n2)ccc1-n1cnc(C)c1. The first-order chi connectivity index (χ1) is 17.8. The van der Waals surface area contributed by atoms with E-state index in [9.17, 15) is 18.4 Å². The third kappa shape index (κ3) is 5.11. The summed E-state index contributed by atoms with van der Waals surface area (Å²) in [7, 11) is 1.57. The molecule has 7 nitrogen and oxygen atoms in total. The molecule has 1 unspecified atom stereocenters. The summed E-state index contributed by atoms with van der Waals surface area (Å²) in [6, 6.07) is 12.6. The van der Waals surface area contributed by atoms with Crippen molar-refractivity contribution in [3.05, 3.63) is 78.0 Å². The quantitative estimate of drug-likeness (QED) is 0.312. The number of nitriles is 1. The lowest BCUT2D eigenvalue weighted by Gasteiger charge is -2.16. The summed E-state index contributed by atoms with van der Waals surface area (Å²) in [5.74, 6) is 0.619. The molecular formula is C27H23F3N6O. The predicted molar refractivity (Wildman–Crippen MR) is 132 cm³/mol. The number of nitrogens with one attached hydrogen (secondary N) is 1. The van der Waals surface area contributed by atoms with Crippen molar-refractivity contribution in [2.24, 2.45) is 5.92 Å². The van der Waals surface area contributed by atoms with Gasteiger partial charge in [0.1, 0.15) is 5.75 Å². The zero-order chi connectivity index (χ0) is 26.2. The van der Waals surface area contributed by atoms with Crippen LogP contribution in [0.1, 0.15) is 35.6 Å². The van der Waals surface area contributed by atoms with E-state index in [1.54, 1.807) is 25.7 Å². The van der Waals surface area contributed by atoms with Crippen LogP contribution < -0.4 is 10.1 Å². The summed E-state index contributed by atoms with van der Waals surface area (Å²) >= 11 is 0. The molecule has 4 aromatic rings. The molecule has 1 aliphatic rings. The number of ether oxygens (including phenoxy) is 1. The van der Waals surface area contributed by atoms with E-state index < -0.39 is 17.7 Å². The first-order valence-corrected chi connectivity index (χ1v) is 11.7. The number of alkyl halides is 3. The second-order valence-electron chi connectivity index (χ2n) is 8.95. The maximum absolute atomic E-state index is 13.1. The molecule has 2 aromatic carbocycles. The molecule has 1 fully saturated rings. The van der Waals surface area contributed by atoms with E-state index >= 15 is 0 Å². The Labute approximate surface area is 211 Å². The van der Waals surface area contributed by atoms with E-state index in [1.165, 1.54) is 12.1 Å². The zero-order valence-corrected chi connectivity index (χ0v) is 20.1. The Kier molecular flexibility index (Phi) is 6.29. The van der Waals surface area contributed by atoms with Crippen molar-refractivity contribution >= 4 is 11.6 Å². The van der Waals surface area contributed by atoms with Crippen LogP contribution in [-0.2, 0) is 6.18 Å². The van der Waals surface area contributed by atoms with Gasteiger partial charge in [0.2, 0.25) is 5.95 Å². The minimum atomic E-state index is -4.44. The third-order valence-electron chi connectivity index (χ3n) is 6.30. The second-order valence-corrected chi connectivity index (χ2v) is 8.95. The molecule has 5 rings (SSSR count). The Balaban J connectivity index is 1.50. The molecule has 1 atom stereocenters. The Morgan fingerprint density at radius 3 is 2.49 bits per heavy atom. The van der Waals surface area contributed by atoms with Crippen molar-refractivity contribution in [2.45, 2.75) is 31.9 Å². The van der Waals surface area contributed by atoms with Crippen molar-refractivity contribution < 1.29 is 17.9 Å². The van der Waals surface area contributed by atoms with Gasteiger partial charge >= 0.3 is 6.18 Å². The van der Waals surface area contributed by atoms with E-state index in [0.29, 0.717) is 28.3 Å². The number of nitrogens with zero attached hydrogens (tertiary/aromatic N) is 5. The lowest BCUT2D eigenvalue weighted by atomic mass is 9.92. The van der Waals surface area contributed by atoms with Gasteiger partial charge in [-0.2, -0.15) is 18.4 Å². The van der Waals surface area contributed by atoms with Crippen molar-refractivity contribution in [3.8, 4) is 28.8 Å². The number of hydrogen-bond donors (Lipinski definition) is 1. The maximum atomic E-state index is 13.1. The zero-order valence-electron chi connectivity index (χ0n) is 20.1. The molecule has 1 N–H and O–H groups in total. The summed E-state index contributed by atoms with van der Waals surface area (Å²) in [5, 5.41) is 13.0. The molecule has 2 heterocycles. The lowest BCUT2D eigenvalue weighted by Crippen LogP contribution is -2.08. The molecule has 0 aliphatic heterocycles. The molecule has 37 heavy (non-hydrogen) atoms. The van der Waals surface area contributed by atoms with Crippen LogP contribution in [0.25, 0.3) is 16.9 Å². The van der Waals surface area contributed by atoms with Crippen LogP contribution >= 0.6 is 0 Å². The van der Waals surface area contributed by atoms with Crippen molar-refractivity contribution in [3.63, 3.8) is 0 Å². The normalized spacial score (nSPS) is 14.2. The number of imidazole rings is 1. The van der Waals surface area contributed by atoms with Gasteiger partial charge in [0.25, 0.3) is 0 Å². The fourth-order valence-electron chi connectivity index (χ4n) is 4.24. The molecule has 0 saturated heterocycles. The Bertz CT molecular complexity index is 1470. The first kappa shape index (κ1) is 24.3. The molecule has 188 valence electrons. The van der Waals surface area contributed by atoms with E-state index in [2.05, 4.69) is 26.3 Å². The minimum absolute atomic E-state index is 0.198. The topological polar surface area (TPSA) is 88.6 Å². The monoisotopic (exact) mass is 504 g/mol. The number of aromatic nitrogens is 4. The average Bonchev–Trinajstić information content (AvgIpc) is 3.63. The van der Waals surface area contributed by atoms with Crippen LogP contribution in [0.4, 0.5) is 24.8 Å². The van der Waals surface area contributed by atoms with Gasteiger partial charge in [-0.15, -0.1) is 0 Å². The number of aryl methyl sites for hydroxylation is 1. The van der Waals surface area contributed by atoms with Crippen LogP contribution in [-0.4, -0.2) is 26.6 Å². The smallest absolute Gasteiger partial charge is 0.416 e. The van der Waals surface area contributed by atoms with Crippen molar-refractivity contribution in [2.75, 3.05) is 12.4 Å².